The van der Waals surface area contributed by atoms with Crippen molar-refractivity contribution in [3.63, 3.8) is 0 Å². The molecule has 1 aliphatic rings. The first-order valence-corrected chi connectivity index (χ1v) is 8.03. The van der Waals surface area contributed by atoms with Gasteiger partial charge < -0.3 is 4.90 Å². The zero-order valence-electron chi connectivity index (χ0n) is 11.2. The molecule has 1 atom stereocenters. The Kier molecular flexibility index (Phi) is 5.28. The van der Waals surface area contributed by atoms with Crippen LogP contribution in [0.1, 0.15) is 43.0 Å². The van der Waals surface area contributed by atoms with Gasteiger partial charge in [0.2, 0.25) is 0 Å². The molecule has 1 aromatic carbocycles. The summed E-state index contributed by atoms with van der Waals surface area (Å²) in [6, 6.07) is 5.42. The highest BCUT2D eigenvalue weighted by molar-refractivity contribution is 9.10. The summed E-state index contributed by atoms with van der Waals surface area (Å²) in [5.41, 5.74) is 0.683. The predicted octanol–water partition coefficient (Wildman–Crippen LogP) is 4.75. The van der Waals surface area contributed by atoms with Gasteiger partial charge in [0.05, 0.1) is 5.02 Å². The van der Waals surface area contributed by atoms with E-state index in [0.717, 1.165) is 36.3 Å². The van der Waals surface area contributed by atoms with Crippen molar-refractivity contribution in [2.45, 2.75) is 32.6 Å². The average Bonchev–Trinajstić information content (AvgIpc) is 2.66. The van der Waals surface area contributed by atoms with Gasteiger partial charge in [0, 0.05) is 23.1 Å². The van der Waals surface area contributed by atoms with Crippen LogP contribution in [0.15, 0.2) is 22.7 Å². The lowest BCUT2D eigenvalue weighted by Gasteiger charge is -2.21. The minimum Gasteiger partial charge on any atom is -0.339 e. The highest BCUT2D eigenvalue weighted by atomic mass is 79.9. The van der Waals surface area contributed by atoms with Crippen LogP contribution in [0.5, 0.6) is 0 Å². The molecular weight excluding hydrogens is 326 g/mol. The van der Waals surface area contributed by atoms with Crippen molar-refractivity contribution < 1.29 is 4.79 Å². The summed E-state index contributed by atoms with van der Waals surface area (Å²) in [7, 11) is 0. The fraction of sp³-hybridized carbons (Fsp3) is 0.533. The largest absolute Gasteiger partial charge is 0.339 e. The molecule has 1 saturated heterocycles. The maximum Gasteiger partial charge on any atom is 0.253 e. The molecule has 19 heavy (non-hydrogen) atoms. The monoisotopic (exact) mass is 343 g/mol. The number of amides is 1. The third kappa shape index (κ3) is 3.73. The predicted molar refractivity (Wildman–Crippen MR) is 82.7 cm³/mol. The van der Waals surface area contributed by atoms with Gasteiger partial charge in [0.1, 0.15) is 0 Å². The molecule has 2 rings (SSSR count). The normalized spacial score (nSPS) is 20.2. The molecule has 1 aliphatic heterocycles. The molecule has 1 aromatic rings. The lowest BCUT2D eigenvalue weighted by atomic mass is 9.98. The molecule has 0 N–H and O–H groups in total. The highest BCUT2D eigenvalue weighted by Crippen LogP contribution is 2.25. The molecule has 1 heterocycles. The molecule has 0 aromatic heterocycles. The van der Waals surface area contributed by atoms with E-state index in [9.17, 15) is 4.79 Å². The van der Waals surface area contributed by atoms with Crippen LogP contribution in [0.2, 0.25) is 5.02 Å². The number of hydrogen-bond donors (Lipinski definition) is 0. The first-order chi connectivity index (χ1) is 9.11. The number of carbonyl (C=O) groups is 1. The zero-order chi connectivity index (χ0) is 13.8. The van der Waals surface area contributed by atoms with Crippen LogP contribution in [0.25, 0.3) is 0 Å². The van der Waals surface area contributed by atoms with Crippen molar-refractivity contribution in [3.05, 3.63) is 33.3 Å². The second-order valence-electron chi connectivity index (χ2n) is 5.13. The van der Waals surface area contributed by atoms with E-state index in [4.69, 9.17) is 11.6 Å². The molecule has 0 radical (unpaired) electrons. The van der Waals surface area contributed by atoms with Crippen molar-refractivity contribution >= 4 is 33.4 Å². The van der Waals surface area contributed by atoms with Crippen LogP contribution in [-0.4, -0.2) is 23.9 Å². The molecule has 0 aliphatic carbocycles. The Bertz CT molecular complexity index is 463. The first kappa shape index (κ1) is 14.9. The maximum atomic E-state index is 12.5. The molecule has 4 heteroatoms. The molecule has 1 fully saturated rings. The van der Waals surface area contributed by atoms with Crippen molar-refractivity contribution in [1.82, 2.24) is 4.90 Å². The highest BCUT2D eigenvalue weighted by Gasteiger charge is 2.21. The Morgan fingerprint density at radius 2 is 2.21 bits per heavy atom. The third-order valence-electron chi connectivity index (χ3n) is 3.88. The molecule has 104 valence electrons. The van der Waals surface area contributed by atoms with Gasteiger partial charge >= 0.3 is 0 Å². The van der Waals surface area contributed by atoms with E-state index in [0.29, 0.717) is 10.6 Å². The summed E-state index contributed by atoms with van der Waals surface area (Å²) in [5.74, 6) is 0.873. The van der Waals surface area contributed by atoms with Gasteiger partial charge in [-0.25, -0.2) is 0 Å². The SMILES string of the molecule is CCC1CCCN(C(=O)c2ccc(Br)c(Cl)c2)CC1. The topological polar surface area (TPSA) is 20.3 Å². The van der Waals surface area contributed by atoms with Crippen LogP contribution in [-0.2, 0) is 0 Å². The Morgan fingerprint density at radius 3 is 2.89 bits per heavy atom. The van der Waals surface area contributed by atoms with Gasteiger partial charge in [0.15, 0.2) is 0 Å². The molecule has 0 saturated carbocycles. The second kappa shape index (κ2) is 6.76. The lowest BCUT2D eigenvalue weighted by Crippen LogP contribution is -2.32. The fourth-order valence-corrected chi connectivity index (χ4v) is 3.02. The average molecular weight is 345 g/mol. The van der Waals surface area contributed by atoms with E-state index in [1.165, 1.54) is 12.8 Å². The van der Waals surface area contributed by atoms with Gasteiger partial charge in [-0.05, 0) is 59.3 Å². The van der Waals surface area contributed by atoms with Crippen molar-refractivity contribution in [1.29, 1.82) is 0 Å². The van der Waals surface area contributed by atoms with E-state index in [1.54, 1.807) is 6.07 Å². The van der Waals surface area contributed by atoms with E-state index in [1.807, 2.05) is 17.0 Å². The summed E-state index contributed by atoms with van der Waals surface area (Å²) in [4.78, 5) is 14.4. The number of benzene rings is 1. The summed E-state index contributed by atoms with van der Waals surface area (Å²) < 4.78 is 0.827. The molecule has 1 unspecified atom stereocenters. The van der Waals surface area contributed by atoms with E-state index in [2.05, 4.69) is 22.9 Å². The van der Waals surface area contributed by atoms with Crippen molar-refractivity contribution in [3.8, 4) is 0 Å². The van der Waals surface area contributed by atoms with Crippen molar-refractivity contribution in [2.24, 2.45) is 5.92 Å². The van der Waals surface area contributed by atoms with E-state index >= 15 is 0 Å². The third-order valence-corrected chi connectivity index (χ3v) is 5.11. The molecular formula is C15H19BrClNO. The summed E-state index contributed by atoms with van der Waals surface area (Å²) >= 11 is 9.40. The van der Waals surface area contributed by atoms with Crippen LogP contribution >= 0.6 is 27.5 Å². The van der Waals surface area contributed by atoms with Crippen LogP contribution in [0, 0.1) is 5.92 Å². The zero-order valence-corrected chi connectivity index (χ0v) is 13.5. The Hall–Kier alpha value is -0.540. The summed E-state index contributed by atoms with van der Waals surface area (Å²) in [5, 5.41) is 0.590. The quantitative estimate of drug-likeness (QED) is 0.758. The van der Waals surface area contributed by atoms with Crippen molar-refractivity contribution in [2.75, 3.05) is 13.1 Å². The minimum absolute atomic E-state index is 0.103. The Morgan fingerprint density at radius 1 is 1.42 bits per heavy atom. The number of nitrogens with zero attached hydrogens (tertiary/aromatic N) is 1. The summed E-state index contributed by atoms with van der Waals surface area (Å²) in [6.45, 7) is 3.96. The summed E-state index contributed by atoms with van der Waals surface area (Å²) in [6.07, 6.45) is 4.68. The number of hydrogen-bond acceptors (Lipinski definition) is 1. The number of carbonyl (C=O) groups excluding carboxylic acids is 1. The Balaban J connectivity index is 2.08. The molecule has 0 bridgehead atoms. The second-order valence-corrected chi connectivity index (χ2v) is 6.39. The van der Waals surface area contributed by atoms with Gasteiger partial charge in [-0.2, -0.15) is 0 Å². The smallest absolute Gasteiger partial charge is 0.253 e. The molecule has 0 spiro atoms. The number of likely N-dealkylation sites (tertiary alicyclic amines) is 1. The van der Waals surface area contributed by atoms with Gasteiger partial charge in [-0.1, -0.05) is 24.9 Å². The van der Waals surface area contributed by atoms with Crippen LogP contribution < -0.4 is 0 Å². The first-order valence-electron chi connectivity index (χ1n) is 6.86. The van der Waals surface area contributed by atoms with Crippen LogP contribution in [0.3, 0.4) is 0 Å². The Labute approximate surface area is 128 Å². The standard InChI is InChI=1S/C15H19BrClNO/c1-2-11-4-3-8-18(9-7-11)15(19)12-5-6-13(16)14(17)10-12/h5-6,10-11H,2-4,7-9H2,1H3. The fourth-order valence-electron chi connectivity index (χ4n) is 2.59. The lowest BCUT2D eigenvalue weighted by molar-refractivity contribution is 0.0760. The van der Waals surface area contributed by atoms with Gasteiger partial charge in [-0.15, -0.1) is 0 Å². The van der Waals surface area contributed by atoms with Crippen LogP contribution in [0.4, 0.5) is 0 Å². The van der Waals surface area contributed by atoms with E-state index < -0.39 is 0 Å². The number of rotatable bonds is 2. The van der Waals surface area contributed by atoms with Gasteiger partial charge in [0.25, 0.3) is 5.91 Å². The van der Waals surface area contributed by atoms with Gasteiger partial charge in [-0.3, -0.25) is 4.79 Å². The molecule has 2 nitrogen and oxygen atoms in total. The van der Waals surface area contributed by atoms with E-state index in [-0.39, 0.29) is 5.91 Å². The maximum absolute atomic E-state index is 12.5. The number of halogens is 2. The minimum atomic E-state index is 0.103. The molecule has 1 amide bonds.